The molecule has 0 aliphatic carbocycles. The Bertz CT molecular complexity index is 1340. The van der Waals surface area contributed by atoms with Gasteiger partial charge in [0.15, 0.2) is 5.76 Å². The number of ether oxygens (including phenoxy) is 1. The van der Waals surface area contributed by atoms with Gasteiger partial charge in [-0.2, -0.15) is 0 Å². The number of nitrogens with one attached hydrogen (secondary N) is 3. The molecule has 0 aliphatic heterocycles. The van der Waals surface area contributed by atoms with Crippen LogP contribution in [-0.4, -0.2) is 81.9 Å². The predicted molar refractivity (Wildman–Crippen MR) is 158 cm³/mol. The van der Waals surface area contributed by atoms with Crippen molar-refractivity contribution in [3.05, 3.63) is 41.7 Å². The van der Waals surface area contributed by atoms with Crippen molar-refractivity contribution in [2.24, 2.45) is 5.92 Å². The van der Waals surface area contributed by atoms with E-state index < -0.39 is 54.1 Å². The fourth-order valence-corrected chi connectivity index (χ4v) is 4.64. The zero-order chi connectivity index (χ0) is 33.5. The van der Waals surface area contributed by atoms with E-state index in [1.807, 2.05) is 6.92 Å². The second-order valence-corrected chi connectivity index (χ2v) is 10.1. The molecule has 2 aromatic rings. The van der Waals surface area contributed by atoms with E-state index in [9.17, 15) is 39.1 Å². The number of unbranched alkanes of at least 4 members (excludes halogenated alkanes) is 2. The molecule has 2 rings (SSSR count). The van der Waals surface area contributed by atoms with E-state index in [-0.39, 0.29) is 42.5 Å². The van der Waals surface area contributed by atoms with Crippen LogP contribution in [0.2, 0.25) is 0 Å². The lowest BCUT2D eigenvalue weighted by Crippen LogP contribution is -2.47. The van der Waals surface area contributed by atoms with Gasteiger partial charge in [-0.1, -0.05) is 39.2 Å². The Morgan fingerprint density at radius 2 is 1.73 bits per heavy atom. The third-order valence-corrected chi connectivity index (χ3v) is 6.92. The van der Waals surface area contributed by atoms with Crippen molar-refractivity contribution >= 4 is 36.1 Å². The minimum Gasteiger partial charge on any atom is -0.493 e. The number of carboxylic acids is 2. The molecule has 45 heavy (non-hydrogen) atoms. The second-order valence-electron chi connectivity index (χ2n) is 10.1. The van der Waals surface area contributed by atoms with Gasteiger partial charge in [-0.3, -0.25) is 29.2 Å². The molecule has 4 amide bonds. The molecule has 0 saturated carbocycles. The summed E-state index contributed by atoms with van der Waals surface area (Å²) in [6.45, 7) is 5.36. The number of amides is 4. The van der Waals surface area contributed by atoms with Crippen molar-refractivity contribution in [3.63, 3.8) is 0 Å². The van der Waals surface area contributed by atoms with Gasteiger partial charge in [0.2, 0.25) is 12.3 Å². The topological polar surface area (TPSA) is 225 Å². The van der Waals surface area contributed by atoms with E-state index in [4.69, 9.17) is 14.3 Å². The standard InChI is InChI=1S/C30H40N4O11/c1-4-7-8-9-19(22(5-2)34(43)17-35)27(38)31-16-32-29(40)24-13-12-23(45-24)18-10-11-20(25(14-18)44-6-3)28(39)33-21(30(41)42)15-26(36)37/h10-14,17,19,21-22,43H,4-9,15-16H2,1-3H3,(H,31,38)(H,32,40)(H,33,39)(H,36,37)(H,41,42)/t19-,21?,22-/m1/s1. The van der Waals surface area contributed by atoms with Gasteiger partial charge in [0.1, 0.15) is 17.6 Å². The highest BCUT2D eigenvalue weighted by Crippen LogP contribution is 2.29. The lowest BCUT2D eigenvalue weighted by molar-refractivity contribution is -0.168. The van der Waals surface area contributed by atoms with Crippen LogP contribution in [0.15, 0.2) is 34.7 Å². The fraction of sp³-hybridized carbons (Fsp3) is 0.467. The molecule has 15 heteroatoms. The minimum absolute atomic E-state index is 0.0340. The van der Waals surface area contributed by atoms with E-state index in [1.165, 1.54) is 30.3 Å². The van der Waals surface area contributed by atoms with Gasteiger partial charge in [0, 0.05) is 5.56 Å². The van der Waals surface area contributed by atoms with Crippen LogP contribution in [0.3, 0.4) is 0 Å². The molecule has 1 aromatic carbocycles. The summed E-state index contributed by atoms with van der Waals surface area (Å²) in [4.78, 5) is 71.9. The quantitative estimate of drug-likeness (QED) is 0.0409. The highest BCUT2D eigenvalue weighted by Gasteiger charge is 2.31. The average Bonchev–Trinajstić information content (AvgIpc) is 3.50. The van der Waals surface area contributed by atoms with Crippen LogP contribution < -0.4 is 20.7 Å². The van der Waals surface area contributed by atoms with Crippen LogP contribution >= 0.6 is 0 Å². The van der Waals surface area contributed by atoms with Crippen molar-refractivity contribution in [1.29, 1.82) is 0 Å². The number of nitrogens with zero attached hydrogens (tertiary/aromatic N) is 1. The normalized spacial score (nSPS) is 12.7. The van der Waals surface area contributed by atoms with Crippen LogP contribution in [0.1, 0.15) is 80.2 Å². The third kappa shape index (κ3) is 10.6. The van der Waals surface area contributed by atoms with E-state index in [0.29, 0.717) is 23.5 Å². The van der Waals surface area contributed by atoms with Gasteiger partial charge in [-0.25, -0.2) is 9.86 Å². The molecule has 0 bridgehead atoms. The van der Waals surface area contributed by atoms with Gasteiger partial charge in [-0.15, -0.1) is 0 Å². The molecule has 0 fully saturated rings. The smallest absolute Gasteiger partial charge is 0.326 e. The highest BCUT2D eigenvalue weighted by atomic mass is 16.5. The highest BCUT2D eigenvalue weighted by molar-refractivity contribution is 6.00. The van der Waals surface area contributed by atoms with Crippen molar-refractivity contribution in [1.82, 2.24) is 21.0 Å². The molecule has 1 unspecified atom stereocenters. The van der Waals surface area contributed by atoms with Crippen LogP contribution in [0.25, 0.3) is 11.3 Å². The predicted octanol–water partition coefficient (Wildman–Crippen LogP) is 2.63. The molecule has 0 spiro atoms. The largest absolute Gasteiger partial charge is 0.493 e. The second kappa shape index (κ2) is 18.0. The van der Waals surface area contributed by atoms with Crippen LogP contribution in [0.5, 0.6) is 5.75 Å². The zero-order valence-corrected chi connectivity index (χ0v) is 25.4. The number of furan rings is 1. The van der Waals surface area contributed by atoms with Crippen molar-refractivity contribution in [3.8, 4) is 17.1 Å². The van der Waals surface area contributed by atoms with Gasteiger partial charge in [0.25, 0.3) is 11.8 Å². The summed E-state index contributed by atoms with van der Waals surface area (Å²) < 4.78 is 11.2. The molecular weight excluding hydrogens is 592 g/mol. The number of benzene rings is 1. The van der Waals surface area contributed by atoms with E-state index in [2.05, 4.69) is 16.0 Å². The van der Waals surface area contributed by atoms with Crippen LogP contribution in [0.4, 0.5) is 0 Å². The third-order valence-electron chi connectivity index (χ3n) is 6.92. The number of hydrogen-bond donors (Lipinski definition) is 6. The maximum Gasteiger partial charge on any atom is 0.326 e. The molecule has 0 saturated heterocycles. The van der Waals surface area contributed by atoms with Crippen LogP contribution in [-0.2, 0) is 19.2 Å². The van der Waals surface area contributed by atoms with E-state index >= 15 is 0 Å². The molecule has 246 valence electrons. The molecule has 3 atom stereocenters. The summed E-state index contributed by atoms with van der Waals surface area (Å²) in [6, 6.07) is 4.84. The lowest BCUT2D eigenvalue weighted by atomic mass is 9.90. The lowest BCUT2D eigenvalue weighted by Gasteiger charge is -2.29. The SMILES string of the molecule is CCCCC[C@@H](C(=O)NCNC(=O)c1ccc(-c2ccc(C(=O)NC(CC(=O)O)C(=O)O)c(OCC)c2)o1)[C@@H](CC)N(O)C=O. The first-order valence-electron chi connectivity index (χ1n) is 14.6. The molecule has 1 heterocycles. The Kier molecular flexibility index (Phi) is 14.5. The molecule has 15 nitrogen and oxygen atoms in total. The summed E-state index contributed by atoms with van der Waals surface area (Å²) >= 11 is 0. The number of aliphatic carboxylic acids is 2. The van der Waals surface area contributed by atoms with Crippen molar-refractivity contribution in [2.75, 3.05) is 13.3 Å². The Hall–Kier alpha value is -4.92. The van der Waals surface area contributed by atoms with Crippen LogP contribution in [0, 0.1) is 5.92 Å². The first-order chi connectivity index (χ1) is 21.5. The molecule has 6 N–H and O–H groups in total. The summed E-state index contributed by atoms with van der Waals surface area (Å²) in [5.74, 6) is -5.25. The van der Waals surface area contributed by atoms with Crippen molar-refractivity contribution < 1.29 is 53.3 Å². The Balaban J connectivity index is 2.11. The van der Waals surface area contributed by atoms with E-state index in [0.717, 1.165) is 19.3 Å². The summed E-state index contributed by atoms with van der Waals surface area (Å²) in [5.41, 5.74) is 0.389. The molecule has 0 aliphatic rings. The fourth-order valence-electron chi connectivity index (χ4n) is 4.64. The summed E-state index contributed by atoms with van der Waals surface area (Å²) in [6.07, 6.45) is 2.78. The van der Waals surface area contributed by atoms with Gasteiger partial charge < -0.3 is 35.3 Å². The Labute approximate surface area is 259 Å². The monoisotopic (exact) mass is 632 g/mol. The maximum absolute atomic E-state index is 12.9. The number of carbonyl (C=O) groups excluding carboxylic acids is 4. The van der Waals surface area contributed by atoms with Gasteiger partial charge >= 0.3 is 11.9 Å². The number of hydrogen-bond acceptors (Lipinski definition) is 9. The molecule has 1 aromatic heterocycles. The molecule has 0 radical (unpaired) electrons. The zero-order valence-electron chi connectivity index (χ0n) is 25.4. The number of carboxylic acid groups (broad SMARTS) is 2. The summed E-state index contributed by atoms with van der Waals surface area (Å²) in [5, 5.41) is 36.0. The molecular formula is C30H40N4O11. The Morgan fingerprint density at radius 3 is 2.33 bits per heavy atom. The minimum atomic E-state index is -1.65. The number of hydroxylamine groups is 2. The number of carbonyl (C=O) groups is 6. The summed E-state index contributed by atoms with van der Waals surface area (Å²) in [7, 11) is 0. The number of rotatable bonds is 20. The van der Waals surface area contributed by atoms with Gasteiger partial charge in [0.05, 0.1) is 37.2 Å². The maximum atomic E-state index is 12.9. The Morgan fingerprint density at radius 1 is 1.00 bits per heavy atom. The average molecular weight is 633 g/mol. The van der Waals surface area contributed by atoms with Crippen molar-refractivity contribution in [2.45, 2.75) is 71.4 Å². The first kappa shape index (κ1) is 36.3. The first-order valence-corrected chi connectivity index (χ1v) is 14.6. The van der Waals surface area contributed by atoms with Gasteiger partial charge in [-0.05, 0) is 44.0 Å². The van der Waals surface area contributed by atoms with E-state index in [1.54, 1.807) is 13.8 Å².